The summed E-state index contributed by atoms with van der Waals surface area (Å²) in [6.45, 7) is -0.315. The fourth-order valence-electron chi connectivity index (χ4n) is 4.48. The zero-order valence-electron chi connectivity index (χ0n) is 17.8. The number of carbonyl (C=O) groups excluding carboxylic acids is 2. The first-order valence-electron chi connectivity index (χ1n) is 10.9. The number of hydrogen-bond acceptors (Lipinski definition) is 3. The molecule has 0 bridgehead atoms. The highest BCUT2D eigenvalue weighted by atomic mass is 35.5. The molecule has 1 saturated carbocycles. The van der Waals surface area contributed by atoms with Crippen LogP contribution in [0.25, 0.3) is 0 Å². The number of nitrogens with one attached hydrogen (secondary N) is 1. The molecule has 5 heteroatoms. The second kappa shape index (κ2) is 10.0. The number of halogens is 1. The molecule has 3 aromatic carbocycles. The van der Waals surface area contributed by atoms with E-state index in [-0.39, 0.29) is 24.5 Å². The Morgan fingerprint density at radius 1 is 0.844 bits per heavy atom. The van der Waals surface area contributed by atoms with Gasteiger partial charge in [-0.2, -0.15) is 0 Å². The predicted octanol–water partition coefficient (Wildman–Crippen LogP) is 5.60. The van der Waals surface area contributed by atoms with Gasteiger partial charge in [0.2, 0.25) is 0 Å². The molecule has 0 heterocycles. The summed E-state index contributed by atoms with van der Waals surface area (Å²) >= 11 is 6.03. The summed E-state index contributed by atoms with van der Waals surface area (Å²) in [7, 11) is 0. The summed E-state index contributed by atoms with van der Waals surface area (Å²) in [5.74, 6) is -0.677. The van der Waals surface area contributed by atoms with Gasteiger partial charge in [-0.05, 0) is 41.7 Å². The van der Waals surface area contributed by atoms with Gasteiger partial charge in [-0.1, -0.05) is 97.2 Å². The molecule has 0 aromatic heterocycles. The van der Waals surface area contributed by atoms with Gasteiger partial charge in [-0.15, -0.1) is 0 Å². The van der Waals surface area contributed by atoms with Crippen LogP contribution in [-0.2, 0) is 19.7 Å². The molecule has 0 spiro atoms. The minimum atomic E-state index is -0.705. The van der Waals surface area contributed by atoms with E-state index in [4.69, 9.17) is 16.3 Å². The minimum absolute atomic E-state index is 0.315. The Balaban J connectivity index is 1.46. The van der Waals surface area contributed by atoms with E-state index in [1.54, 1.807) is 12.1 Å². The molecule has 0 aliphatic heterocycles. The van der Waals surface area contributed by atoms with E-state index >= 15 is 0 Å². The van der Waals surface area contributed by atoms with Crippen LogP contribution in [0.2, 0.25) is 5.02 Å². The Morgan fingerprint density at radius 2 is 1.38 bits per heavy atom. The van der Waals surface area contributed by atoms with Gasteiger partial charge in [0.1, 0.15) is 0 Å². The lowest BCUT2D eigenvalue weighted by atomic mass is 9.79. The van der Waals surface area contributed by atoms with E-state index in [0.29, 0.717) is 17.9 Å². The normalized spacial score (nSPS) is 14.8. The van der Waals surface area contributed by atoms with Crippen LogP contribution in [0.15, 0.2) is 84.9 Å². The lowest BCUT2D eigenvalue weighted by Crippen LogP contribution is -2.38. The number of amides is 1. The molecule has 0 radical (unpaired) electrons. The van der Waals surface area contributed by atoms with Crippen molar-refractivity contribution in [1.82, 2.24) is 5.32 Å². The number of esters is 1. The second-order valence-electron chi connectivity index (χ2n) is 8.19. The van der Waals surface area contributed by atoms with E-state index in [1.165, 1.54) is 0 Å². The first kappa shape index (κ1) is 22.1. The van der Waals surface area contributed by atoms with Gasteiger partial charge in [-0.25, -0.2) is 0 Å². The van der Waals surface area contributed by atoms with Crippen molar-refractivity contribution in [3.05, 3.63) is 107 Å². The zero-order chi connectivity index (χ0) is 22.4. The van der Waals surface area contributed by atoms with E-state index in [0.717, 1.165) is 29.5 Å². The SMILES string of the molecule is O=C(COC(=O)C1(c2ccc(Cl)cc2)CCCC1)NC(c1ccccc1)c1ccccc1. The number of hydrogen-bond donors (Lipinski definition) is 1. The van der Waals surface area contributed by atoms with Crippen LogP contribution >= 0.6 is 11.6 Å². The maximum absolute atomic E-state index is 13.1. The van der Waals surface area contributed by atoms with E-state index in [2.05, 4.69) is 5.32 Å². The molecule has 0 unspecified atom stereocenters. The molecular weight excluding hydrogens is 422 g/mol. The van der Waals surface area contributed by atoms with Gasteiger partial charge >= 0.3 is 5.97 Å². The number of rotatable bonds is 7. The average molecular weight is 448 g/mol. The van der Waals surface area contributed by atoms with E-state index < -0.39 is 5.41 Å². The number of carbonyl (C=O) groups is 2. The third kappa shape index (κ3) is 4.86. The monoisotopic (exact) mass is 447 g/mol. The van der Waals surface area contributed by atoms with Gasteiger partial charge in [0.05, 0.1) is 11.5 Å². The van der Waals surface area contributed by atoms with Gasteiger partial charge in [-0.3, -0.25) is 9.59 Å². The predicted molar refractivity (Wildman–Crippen MR) is 125 cm³/mol. The summed E-state index contributed by atoms with van der Waals surface area (Å²) in [5, 5.41) is 3.65. The molecular formula is C27H26ClNO3. The average Bonchev–Trinajstić information content (AvgIpc) is 3.34. The van der Waals surface area contributed by atoms with Crippen molar-refractivity contribution in [2.24, 2.45) is 0 Å². The van der Waals surface area contributed by atoms with Crippen LogP contribution in [0.4, 0.5) is 0 Å². The Hall–Kier alpha value is -3.11. The van der Waals surface area contributed by atoms with Crippen molar-refractivity contribution < 1.29 is 14.3 Å². The van der Waals surface area contributed by atoms with Crippen molar-refractivity contribution in [1.29, 1.82) is 0 Å². The van der Waals surface area contributed by atoms with Gasteiger partial charge in [0, 0.05) is 5.02 Å². The first-order chi connectivity index (χ1) is 15.6. The van der Waals surface area contributed by atoms with Gasteiger partial charge in [0.25, 0.3) is 5.91 Å². The molecule has 4 nitrogen and oxygen atoms in total. The number of benzene rings is 3. The Bertz CT molecular complexity index is 1010. The fourth-order valence-corrected chi connectivity index (χ4v) is 4.61. The van der Waals surface area contributed by atoms with Crippen LogP contribution in [-0.4, -0.2) is 18.5 Å². The first-order valence-corrected chi connectivity index (χ1v) is 11.3. The van der Waals surface area contributed by atoms with Crippen molar-refractivity contribution in [3.63, 3.8) is 0 Å². The number of ether oxygens (including phenoxy) is 1. The molecule has 164 valence electrons. The molecule has 1 fully saturated rings. The molecule has 0 atom stereocenters. The molecule has 1 N–H and O–H groups in total. The maximum Gasteiger partial charge on any atom is 0.317 e. The van der Waals surface area contributed by atoms with E-state index in [9.17, 15) is 9.59 Å². The summed E-state index contributed by atoms with van der Waals surface area (Å²) in [4.78, 5) is 25.9. The van der Waals surface area contributed by atoms with Crippen LogP contribution < -0.4 is 5.32 Å². The third-order valence-electron chi connectivity index (χ3n) is 6.15. The Kier molecular flexibility index (Phi) is 6.91. The smallest absolute Gasteiger partial charge is 0.317 e. The van der Waals surface area contributed by atoms with E-state index in [1.807, 2.05) is 72.8 Å². The van der Waals surface area contributed by atoms with Crippen molar-refractivity contribution in [3.8, 4) is 0 Å². The molecule has 4 rings (SSSR count). The zero-order valence-corrected chi connectivity index (χ0v) is 18.6. The Morgan fingerprint density at radius 3 is 1.91 bits per heavy atom. The second-order valence-corrected chi connectivity index (χ2v) is 8.63. The summed E-state index contributed by atoms with van der Waals surface area (Å²) < 4.78 is 5.56. The van der Waals surface area contributed by atoms with Crippen LogP contribution in [0.1, 0.15) is 48.4 Å². The molecule has 1 amide bonds. The highest BCUT2D eigenvalue weighted by Crippen LogP contribution is 2.42. The third-order valence-corrected chi connectivity index (χ3v) is 6.40. The standard InChI is InChI=1S/C27H26ClNO3/c28-23-15-13-22(14-16-23)27(17-7-8-18-27)26(31)32-19-24(30)29-25(20-9-3-1-4-10-20)21-11-5-2-6-12-21/h1-6,9-16,25H,7-8,17-19H2,(H,29,30). The van der Waals surface area contributed by atoms with Crippen molar-refractivity contribution in [2.45, 2.75) is 37.1 Å². The van der Waals surface area contributed by atoms with Crippen molar-refractivity contribution in [2.75, 3.05) is 6.61 Å². The summed E-state index contributed by atoms with van der Waals surface area (Å²) in [5.41, 5.74) is 2.12. The quantitative estimate of drug-likeness (QED) is 0.479. The van der Waals surface area contributed by atoms with Crippen molar-refractivity contribution >= 4 is 23.5 Å². The fraction of sp³-hybridized carbons (Fsp3) is 0.259. The molecule has 1 aliphatic rings. The lowest BCUT2D eigenvalue weighted by molar-refractivity contribution is -0.154. The molecule has 32 heavy (non-hydrogen) atoms. The highest BCUT2D eigenvalue weighted by Gasteiger charge is 2.44. The van der Waals surface area contributed by atoms with Gasteiger partial charge < -0.3 is 10.1 Å². The molecule has 1 aliphatic carbocycles. The minimum Gasteiger partial charge on any atom is -0.455 e. The summed E-state index contributed by atoms with van der Waals surface area (Å²) in [6, 6.07) is 26.5. The largest absolute Gasteiger partial charge is 0.455 e. The van der Waals surface area contributed by atoms with Gasteiger partial charge in [0.15, 0.2) is 6.61 Å². The lowest BCUT2D eigenvalue weighted by Gasteiger charge is -2.27. The molecule has 3 aromatic rings. The Labute approximate surface area is 193 Å². The summed E-state index contributed by atoms with van der Waals surface area (Å²) in [6.07, 6.45) is 3.33. The van der Waals surface area contributed by atoms with Crippen LogP contribution in [0.3, 0.4) is 0 Å². The van der Waals surface area contributed by atoms with Crippen LogP contribution in [0.5, 0.6) is 0 Å². The molecule has 0 saturated heterocycles. The van der Waals surface area contributed by atoms with Crippen LogP contribution in [0, 0.1) is 0 Å². The highest BCUT2D eigenvalue weighted by molar-refractivity contribution is 6.30. The topological polar surface area (TPSA) is 55.4 Å². The maximum atomic E-state index is 13.1.